The predicted molar refractivity (Wildman–Crippen MR) is 112 cm³/mol. The maximum atomic E-state index is 14.5. The van der Waals surface area contributed by atoms with E-state index < -0.39 is 11.6 Å². The van der Waals surface area contributed by atoms with Crippen LogP contribution >= 0.6 is 0 Å². The molecular formula is C25H36F2O. The van der Waals surface area contributed by atoms with Gasteiger partial charge in [0.25, 0.3) is 0 Å². The average molecular weight is 391 g/mol. The summed E-state index contributed by atoms with van der Waals surface area (Å²) in [5.74, 6) is 0.798. The highest BCUT2D eigenvalue weighted by Crippen LogP contribution is 2.43. The van der Waals surface area contributed by atoms with Crippen molar-refractivity contribution in [1.82, 2.24) is 0 Å². The molecule has 1 nitrogen and oxygen atoms in total. The molecule has 2 aliphatic carbocycles. The van der Waals surface area contributed by atoms with Crippen LogP contribution in [0.1, 0.15) is 89.5 Å². The van der Waals surface area contributed by atoms with Crippen molar-refractivity contribution in [2.75, 3.05) is 6.61 Å². The molecule has 0 saturated heterocycles. The second-order valence-electron chi connectivity index (χ2n) is 8.71. The lowest BCUT2D eigenvalue weighted by atomic mass is 9.70. The van der Waals surface area contributed by atoms with Gasteiger partial charge in [-0.2, -0.15) is 4.39 Å². The molecule has 0 N–H and O–H groups in total. The summed E-state index contributed by atoms with van der Waals surface area (Å²) in [5, 5.41) is 0. The highest BCUT2D eigenvalue weighted by atomic mass is 19.2. The SMILES string of the molecule is CCCCC[C@H]1C=C[C@H](C2CCC(c3ccc(OCC)c(F)c3F)CC2)CC1. The Morgan fingerprint density at radius 3 is 2.32 bits per heavy atom. The van der Waals surface area contributed by atoms with Crippen LogP contribution in [0.2, 0.25) is 0 Å². The van der Waals surface area contributed by atoms with E-state index in [9.17, 15) is 8.78 Å². The Balaban J connectivity index is 1.53. The van der Waals surface area contributed by atoms with Gasteiger partial charge in [-0.1, -0.05) is 44.4 Å². The highest BCUT2D eigenvalue weighted by molar-refractivity contribution is 5.33. The first-order valence-corrected chi connectivity index (χ1v) is 11.4. The van der Waals surface area contributed by atoms with Crippen molar-refractivity contribution in [1.29, 1.82) is 0 Å². The van der Waals surface area contributed by atoms with E-state index in [0.29, 0.717) is 24.0 Å². The molecule has 2 atom stereocenters. The number of unbranched alkanes of at least 4 members (excludes halogenated alkanes) is 2. The number of benzene rings is 1. The van der Waals surface area contributed by atoms with Gasteiger partial charge in [0.1, 0.15) is 0 Å². The minimum Gasteiger partial charge on any atom is -0.491 e. The third kappa shape index (κ3) is 5.15. The molecule has 0 bridgehead atoms. The molecule has 1 saturated carbocycles. The van der Waals surface area contributed by atoms with Crippen LogP contribution in [0, 0.1) is 29.4 Å². The molecule has 1 aromatic rings. The number of halogens is 2. The first kappa shape index (κ1) is 21.3. The lowest BCUT2D eigenvalue weighted by Gasteiger charge is -2.35. The molecule has 3 heteroatoms. The van der Waals surface area contributed by atoms with Crippen molar-refractivity contribution in [3.8, 4) is 5.75 Å². The van der Waals surface area contributed by atoms with Gasteiger partial charge in [0.05, 0.1) is 6.61 Å². The molecule has 2 aliphatic rings. The maximum absolute atomic E-state index is 14.5. The van der Waals surface area contributed by atoms with Crippen LogP contribution in [0.15, 0.2) is 24.3 Å². The Kier molecular flexibility index (Phi) is 7.93. The summed E-state index contributed by atoms with van der Waals surface area (Å²) in [6, 6.07) is 3.32. The van der Waals surface area contributed by atoms with E-state index in [0.717, 1.165) is 31.6 Å². The molecule has 0 unspecified atom stereocenters. The third-order valence-electron chi connectivity index (χ3n) is 6.87. The number of hydrogen-bond acceptors (Lipinski definition) is 1. The molecule has 3 rings (SSSR count). The summed E-state index contributed by atoms with van der Waals surface area (Å²) in [5.41, 5.74) is 0.537. The van der Waals surface area contributed by atoms with E-state index in [1.54, 1.807) is 19.1 Å². The van der Waals surface area contributed by atoms with Crippen molar-refractivity contribution in [2.45, 2.75) is 84.0 Å². The zero-order chi connectivity index (χ0) is 19.9. The molecule has 0 aliphatic heterocycles. The number of ether oxygens (including phenoxy) is 1. The normalized spacial score (nSPS) is 27.7. The van der Waals surface area contributed by atoms with Gasteiger partial charge in [0.15, 0.2) is 11.6 Å². The van der Waals surface area contributed by atoms with Crippen molar-refractivity contribution < 1.29 is 13.5 Å². The van der Waals surface area contributed by atoms with Gasteiger partial charge in [-0.3, -0.25) is 0 Å². The fourth-order valence-corrected chi connectivity index (χ4v) is 5.18. The smallest absolute Gasteiger partial charge is 0.200 e. The van der Waals surface area contributed by atoms with E-state index in [4.69, 9.17) is 4.74 Å². The van der Waals surface area contributed by atoms with Gasteiger partial charge in [0.2, 0.25) is 5.82 Å². The van der Waals surface area contributed by atoms with E-state index in [1.165, 1.54) is 38.5 Å². The van der Waals surface area contributed by atoms with E-state index in [1.807, 2.05) is 0 Å². The van der Waals surface area contributed by atoms with Crippen LogP contribution in [-0.2, 0) is 0 Å². The summed E-state index contributed by atoms with van der Waals surface area (Å²) < 4.78 is 33.9. The van der Waals surface area contributed by atoms with Gasteiger partial charge in [-0.15, -0.1) is 0 Å². The summed E-state index contributed by atoms with van der Waals surface area (Å²) in [7, 11) is 0. The summed E-state index contributed by atoms with van der Waals surface area (Å²) in [6.45, 7) is 4.38. The van der Waals surface area contributed by atoms with Gasteiger partial charge >= 0.3 is 0 Å². The van der Waals surface area contributed by atoms with Crippen molar-refractivity contribution >= 4 is 0 Å². The first-order chi connectivity index (χ1) is 13.6. The zero-order valence-corrected chi connectivity index (χ0v) is 17.6. The van der Waals surface area contributed by atoms with Crippen molar-refractivity contribution in [2.24, 2.45) is 17.8 Å². The molecular weight excluding hydrogens is 354 g/mol. The van der Waals surface area contributed by atoms with Crippen LogP contribution in [0.25, 0.3) is 0 Å². The van der Waals surface area contributed by atoms with Crippen LogP contribution in [0.3, 0.4) is 0 Å². The van der Waals surface area contributed by atoms with E-state index in [2.05, 4.69) is 19.1 Å². The Bertz CT molecular complexity index is 646. The van der Waals surface area contributed by atoms with Gasteiger partial charge in [-0.05, 0) is 87.2 Å². The molecule has 0 amide bonds. The highest BCUT2D eigenvalue weighted by Gasteiger charge is 2.30. The fraction of sp³-hybridized carbons (Fsp3) is 0.680. The fourth-order valence-electron chi connectivity index (χ4n) is 5.18. The zero-order valence-electron chi connectivity index (χ0n) is 17.6. The summed E-state index contributed by atoms with van der Waals surface area (Å²) >= 11 is 0. The van der Waals surface area contributed by atoms with E-state index in [-0.39, 0.29) is 11.7 Å². The Morgan fingerprint density at radius 2 is 1.68 bits per heavy atom. The molecule has 0 radical (unpaired) electrons. The third-order valence-corrected chi connectivity index (χ3v) is 6.87. The monoisotopic (exact) mass is 390 g/mol. The van der Waals surface area contributed by atoms with Crippen LogP contribution in [-0.4, -0.2) is 6.61 Å². The van der Waals surface area contributed by atoms with Gasteiger partial charge < -0.3 is 4.74 Å². The largest absolute Gasteiger partial charge is 0.491 e. The quantitative estimate of drug-likeness (QED) is 0.325. The second kappa shape index (κ2) is 10.4. The number of hydrogen-bond donors (Lipinski definition) is 0. The molecule has 28 heavy (non-hydrogen) atoms. The van der Waals surface area contributed by atoms with Crippen LogP contribution < -0.4 is 4.74 Å². The lowest BCUT2D eigenvalue weighted by Crippen LogP contribution is -2.23. The maximum Gasteiger partial charge on any atom is 0.200 e. The predicted octanol–water partition coefficient (Wildman–Crippen LogP) is 7.80. The van der Waals surface area contributed by atoms with Crippen molar-refractivity contribution in [3.63, 3.8) is 0 Å². The first-order valence-electron chi connectivity index (χ1n) is 11.4. The van der Waals surface area contributed by atoms with Crippen LogP contribution in [0.5, 0.6) is 5.75 Å². The Hall–Kier alpha value is -1.38. The van der Waals surface area contributed by atoms with Gasteiger partial charge in [-0.25, -0.2) is 4.39 Å². The van der Waals surface area contributed by atoms with E-state index >= 15 is 0 Å². The number of rotatable bonds is 8. The minimum absolute atomic E-state index is 0.0262. The molecule has 1 fully saturated rings. The minimum atomic E-state index is -0.828. The molecule has 156 valence electrons. The van der Waals surface area contributed by atoms with Crippen molar-refractivity contribution in [3.05, 3.63) is 41.5 Å². The lowest BCUT2D eigenvalue weighted by molar-refractivity contribution is 0.236. The molecule has 0 spiro atoms. The van der Waals surface area contributed by atoms with Crippen LogP contribution in [0.4, 0.5) is 8.78 Å². The summed E-state index contributed by atoms with van der Waals surface area (Å²) in [6.07, 6.45) is 17.1. The standard InChI is InChI=1S/C25H36F2O/c1-3-5-6-7-18-8-10-19(11-9-18)20-12-14-21(15-13-20)22-16-17-23(28-4-2)25(27)24(22)26/h8,10,16-21H,3-7,9,11-15H2,1-2H3/t18-,19-,20?,21?/m0/s1. The average Bonchev–Trinajstić information content (AvgIpc) is 2.73. The summed E-state index contributed by atoms with van der Waals surface area (Å²) in [4.78, 5) is 0. The van der Waals surface area contributed by atoms with Gasteiger partial charge in [0, 0.05) is 0 Å². The topological polar surface area (TPSA) is 9.23 Å². The Labute approximate surface area is 169 Å². The number of allylic oxidation sites excluding steroid dienone is 2. The Morgan fingerprint density at radius 1 is 0.893 bits per heavy atom. The molecule has 1 aromatic carbocycles. The molecule has 0 heterocycles. The second-order valence-corrected chi connectivity index (χ2v) is 8.71. The molecule has 0 aromatic heterocycles.